The van der Waals surface area contributed by atoms with E-state index >= 15 is 0 Å². The predicted octanol–water partition coefficient (Wildman–Crippen LogP) is 2.75. The first kappa shape index (κ1) is 12.4. The molecule has 0 saturated heterocycles. The maximum atomic E-state index is 12.7. The van der Waals surface area contributed by atoms with Crippen molar-refractivity contribution in [3.63, 3.8) is 0 Å². The van der Waals surface area contributed by atoms with E-state index in [-0.39, 0.29) is 5.65 Å². The van der Waals surface area contributed by atoms with Crippen LogP contribution < -0.4 is 0 Å². The minimum atomic E-state index is -4.59. The van der Waals surface area contributed by atoms with Gasteiger partial charge in [-0.1, -0.05) is 0 Å². The third-order valence-corrected chi connectivity index (χ3v) is 3.90. The molecule has 0 aliphatic heterocycles. The van der Waals surface area contributed by atoms with Gasteiger partial charge < -0.3 is 0 Å². The summed E-state index contributed by atoms with van der Waals surface area (Å²) in [6, 6.07) is 3.02. The molecule has 0 saturated carbocycles. The SMILES string of the molecule is FC(F)(F)c1nnc2ccc(Sc3nccs3)nn12. The topological polar surface area (TPSA) is 56.0 Å². The van der Waals surface area contributed by atoms with Crippen LogP contribution in [0.25, 0.3) is 5.65 Å². The van der Waals surface area contributed by atoms with Crippen LogP contribution >= 0.6 is 23.1 Å². The molecule has 0 amide bonds. The van der Waals surface area contributed by atoms with Crippen molar-refractivity contribution in [1.82, 2.24) is 24.8 Å². The average Bonchev–Trinajstić information content (AvgIpc) is 2.95. The molecule has 0 atom stereocenters. The van der Waals surface area contributed by atoms with Crippen LogP contribution in [0.5, 0.6) is 0 Å². The highest BCUT2D eigenvalue weighted by Crippen LogP contribution is 2.30. The second kappa shape index (κ2) is 4.46. The molecule has 3 aromatic heterocycles. The Morgan fingerprint density at radius 3 is 2.74 bits per heavy atom. The lowest BCUT2D eigenvalue weighted by molar-refractivity contribution is -0.146. The van der Waals surface area contributed by atoms with E-state index in [1.54, 1.807) is 17.6 Å². The largest absolute Gasteiger partial charge is 0.453 e. The fraction of sp³-hybridized carbons (Fsp3) is 0.111. The van der Waals surface area contributed by atoms with Gasteiger partial charge in [0.1, 0.15) is 5.03 Å². The Morgan fingerprint density at radius 1 is 1.21 bits per heavy atom. The van der Waals surface area contributed by atoms with Crippen molar-refractivity contribution < 1.29 is 13.2 Å². The Morgan fingerprint density at radius 2 is 2.05 bits per heavy atom. The van der Waals surface area contributed by atoms with Crippen molar-refractivity contribution >= 4 is 28.7 Å². The van der Waals surface area contributed by atoms with Crippen LogP contribution in [0.1, 0.15) is 5.82 Å². The molecule has 3 heterocycles. The molecule has 5 nitrogen and oxygen atoms in total. The fourth-order valence-corrected chi connectivity index (χ4v) is 2.88. The molecular weight excluding hydrogens is 299 g/mol. The van der Waals surface area contributed by atoms with Gasteiger partial charge in [0, 0.05) is 11.6 Å². The van der Waals surface area contributed by atoms with E-state index in [1.165, 1.54) is 29.2 Å². The van der Waals surface area contributed by atoms with Crippen LogP contribution in [0.2, 0.25) is 0 Å². The molecule has 3 aromatic rings. The summed E-state index contributed by atoms with van der Waals surface area (Å²) in [5, 5.41) is 12.6. The molecule has 19 heavy (non-hydrogen) atoms. The zero-order valence-electron chi connectivity index (χ0n) is 9.00. The molecule has 0 spiro atoms. The number of alkyl halides is 3. The van der Waals surface area contributed by atoms with Crippen molar-refractivity contribution in [2.75, 3.05) is 0 Å². The van der Waals surface area contributed by atoms with Crippen LogP contribution in [0.4, 0.5) is 13.2 Å². The minimum absolute atomic E-state index is 0.0517. The Hall–Kier alpha value is -1.68. The molecule has 0 aromatic carbocycles. The highest BCUT2D eigenvalue weighted by Gasteiger charge is 2.37. The van der Waals surface area contributed by atoms with Crippen LogP contribution in [0.15, 0.2) is 33.1 Å². The maximum Gasteiger partial charge on any atom is 0.453 e. The molecule has 0 bridgehead atoms. The first-order valence-electron chi connectivity index (χ1n) is 4.91. The van der Waals surface area contributed by atoms with Crippen molar-refractivity contribution in [2.24, 2.45) is 0 Å². The lowest BCUT2D eigenvalue weighted by Gasteiger charge is -2.03. The number of rotatable bonds is 2. The van der Waals surface area contributed by atoms with Crippen molar-refractivity contribution in [1.29, 1.82) is 0 Å². The van der Waals surface area contributed by atoms with Crippen molar-refractivity contribution in [2.45, 2.75) is 15.5 Å². The minimum Gasteiger partial charge on any atom is -0.238 e. The molecule has 0 radical (unpaired) electrons. The number of aromatic nitrogens is 5. The Bertz CT molecular complexity index is 706. The summed E-state index contributed by atoms with van der Waals surface area (Å²) in [5.74, 6) is -1.14. The molecule has 0 aliphatic rings. The van der Waals surface area contributed by atoms with Gasteiger partial charge in [-0.15, -0.1) is 21.5 Å². The summed E-state index contributed by atoms with van der Waals surface area (Å²) in [6.07, 6.45) is -2.97. The van der Waals surface area contributed by atoms with Gasteiger partial charge in [-0.25, -0.2) is 4.98 Å². The molecule has 98 valence electrons. The van der Waals surface area contributed by atoms with E-state index in [2.05, 4.69) is 20.3 Å². The van der Waals surface area contributed by atoms with Gasteiger partial charge >= 0.3 is 6.18 Å². The smallest absolute Gasteiger partial charge is 0.238 e. The number of nitrogens with zero attached hydrogens (tertiary/aromatic N) is 5. The quantitative estimate of drug-likeness (QED) is 0.728. The van der Waals surface area contributed by atoms with Crippen LogP contribution in [0, 0.1) is 0 Å². The fourth-order valence-electron chi connectivity index (χ4n) is 1.35. The van der Waals surface area contributed by atoms with Gasteiger partial charge in [-0.2, -0.15) is 22.8 Å². The van der Waals surface area contributed by atoms with Gasteiger partial charge in [-0.05, 0) is 23.9 Å². The van der Waals surface area contributed by atoms with Crippen molar-refractivity contribution in [3.8, 4) is 0 Å². The van der Waals surface area contributed by atoms with E-state index in [1.807, 2.05) is 0 Å². The molecular formula is C9H4F3N5S2. The van der Waals surface area contributed by atoms with E-state index in [9.17, 15) is 13.2 Å². The van der Waals surface area contributed by atoms with E-state index < -0.39 is 12.0 Å². The Labute approximate surface area is 112 Å². The second-order valence-corrected chi connectivity index (χ2v) is 5.53. The summed E-state index contributed by atoms with van der Waals surface area (Å²) >= 11 is 2.57. The van der Waals surface area contributed by atoms with E-state index in [0.717, 1.165) is 0 Å². The molecule has 0 unspecified atom stereocenters. The van der Waals surface area contributed by atoms with Crippen LogP contribution in [-0.4, -0.2) is 24.8 Å². The number of fused-ring (bicyclic) bond motifs is 1. The number of thiazole rings is 1. The average molecular weight is 303 g/mol. The third-order valence-electron chi connectivity index (χ3n) is 2.09. The zero-order chi connectivity index (χ0) is 13.5. The Balaban J connectivity index is 2.04. The van der Waals surface area contributed by atoms with Crippen LogP contribution in [0.3, 0.4) is 0 Å². The lowest BCUT2D eigenvalue weighted by atomic mass is 10.5. The predicted molar refractivity (Wildman–Crippen MR) is 62.0 cm³/mol. The molecule has 3 rings (SSSR count). The summed E-state index contributed by atoms with van der Waals surface area (Å²) in [7, 11) is 0. The number of halogens is 3. The standard InChI is InChI=1S/C9H4F3N5S2/c10-9(11,12)7-15-14-5-1-2-6(16-17(5)7)19-8-13-3-4-18-8/h1-4H. The van der Waals surface area contributed by atoms with Gasteiger partial charge in [-0.3, -0.25) is 0 Å². The highest BCUT2D eigenvalue weighted by atomic mass is 32.2. The number of hydrogen-bond donors (Lipinski definition) is 0. The highest BCUT2D eigenvalue weighted by molar-refractivity contribution is 8.00. The van der Waals surface area contributed by atoms with E-state index in [4.69, 9.17) is 0 Å². The summed E-state index contributed by atoms with van der Waals surface area (Å²) in [4.78, 5) is 4.03. The summed E-state index contributed by atoms with van der Waals surface area (Å²) < 4.78 is 39.4. The molecule has 10 heteroatoms. The van der Waals surface area contributed by atoms with Crippen molar-refractivity contribution in [3.05, 3.63) is 29.5 Å². The third kappa shape index (κ3) is 2.40. The lowest BCUT2D eigenvalue weighted by Crippen LogP contribution is -2.12. The van der Waals surface area contributed by atoms with E-state index in [0.29, 0.717) is 13.9 Å². The maximum absolute atomic E-state index is 12.7. The zero-order valence-corrected chi connectivity index (χ0v) is 10.6. The number of hydrogen-bond acceptors (Lipinski definition) is 6. The van der Waals surface area contributed by atoms with Gasteiger partial charge in [0.2, 0.25) is 0 Å². The Kier molecular flexibility index (Phi) is 2.90. The monoisotopic (exact) mass is 303 g/mol. The first-order valence-corrected chi connectivity index (χ1v) is 6.61. The van der Waals surface area contributed by atoms with Gasteiger partial charge in [0.25, 0.3) is 5.82 Å². The van der Waals surface area contributed by atoms with Gasteiger partial charge in [0.05, 0.1) is 0 Å². The summed E-state index contributed by atoms with van der Waals surface area (Å²) in [5.41, 5.74) is 0.0517. The first-order chi connectivity index (χ1) is 9.04. The van der Waals surface area contributed by atoms with Crippen LogP contribution in [-0.2, 0) is 6.18 Å². The molecule has 0 fully saturated rings. The normalized spacial score (nSPS) is 12.2. The second-order valence-electron chi connectivity index (χ2n) is 3.36. The molecule has 0 N–H and O–H groups in total. The summed E-state index contributed by atoms with van der Waals surface area (Å²) in [6.45, 7) is 0. The van der Waals surface area contributed by atoms with Gasteiger partial charge in [0.15, 0.2) is 9.99 Å². The molecule has 0 aliphatic carbocycles.